The van der Waals surface area contributed by atoms with Gasteiger partial charge >= 0.3 is 35.9 Å². The number of hydrogen-bond acceptors (Lipinski definition) is 28. The number of benzene rings is 3. The predicted molar refractivity (Wildman–Crippen MR) is 393 cm³/mol. The van der Waals surface area contributed by atoms with E-state index in [1.165, 1.54) is 73.7 Å². The van der Waals surface area contributed by atoms with E-state index in [0.29, 0.717) is 22.9 Å². The number of H-pyrrole nitrogens is 1. The van der Waals surface area contributed by atoms with Crippen molar-refractivity contribution < 1.29 is 112 Å². The number of ketones is 3. The Kier molecular flexibility index (Phi) is 31.5. The van der Waals surface area contributed by atoms with Crippen molar-refractivity contribution in [3.05, 3.63) is 106 Å². The van der Waals surface area contributed by atoms with Gasteiger partial charge in [0.15, 0.2) is 46.4 Å². The molecule has 7 rings (SSSR count). The van der Waals surface area contributed by atoms with Crippen molar-refractivity contribution in [3.63, 3.8) is 0 Å². The zero-order valence-corrected chi connectivity index (χ0v) is 61.2. The maximum absolute atomic E-state index is 14.4. The summed E-state index contributed by atoms with van der Waals surface area (Å²) >= 11 is 0. The lowest BCUT2D eigenvalue weighted by Crippen LogP contribution is -2.50. The van der Waals surface area contributed by atoms with Crippen molar-refractivity contribution in [1.82, 2.24) is 51.0 Å². The molecule has 0 saturated carbocycles. The number of nitrogen functional groups attached to an aromatic ring is 2. The van der Waals surface area contributed by atoms with Crippen LogP contribution in [0.1, 0.15) is 103 Å². The molecule has 2 aliphatic rings. The molecule has 4 heterocycles. The van der Waals surface area contributed by atoms with Crippen molar-refractivity contribution in [1.29, 1.82) is 5.41 Å². The molecule has 41 heteroatoms. The van der Waals surface area contributed by atoms with Crippen LogP contribution in [0.5, 0.6) is 17.2 Å². The molecule has 3 aromatic carbocycles. The van der Waals surface area contributed by atoms with Gasteiger partial charge in [-0.3, -0.25) is 72.8 Å². The largest absolute Gasteiger partial charge is 0.497 e. The highest BCUT2D eigenvalue weighted by atomic mass is 33.1. The average Bonchev–Trinajstić information content (AvgIpc) is 1.60. The summed E-state index contributed by atoms with van der Waals surface area (Å²) < 4.78 is 27.8. The number of nitrogens with zero attached hydrogens (tertiary/aromatic N) is 5. The quantitative estimate of drug-likeness (QED) is 0.00872. The minimum Gasteiger partial charge on any atom is -0.497 e. The van der Waals surface area contributed by atoms with Crippen LogP contribution in [0, 0.1) is 23.2 Å². The molecule has 0 aliphatic carbocycles. The van der Waals surface area contributed by atoms with Crippen molar-refractivity contribution in [2.45, 2.75) is 108 Å². The van der Waals surface area contributed by atoms with E-state index in [1.807, 2.05) is 12.1 Å². The lowest BCUT2D eigenvalue weighted by atomic mass is 9.90. The van der Waals surface area contributed by atoms with Crippen LogP contribution in [-0.2, 0) is 64.0 Å². The highest BCUT2D eigenvalue weighted by Crippen LogP contribution is 2.39. The molecule has 2 aliphatic heterocycles. The van der Waals surface area contributed by atoms with Gasteiger partial charge in [0.2, 0.25) is 17.8 Å². The minimum absolute atomic E-state index is 0.000654. The fourth-order valence-corrected chi connectivity index (χ4v) is 13.8. The number of Topliss-reactive ketones (excluding diaryl/α,β-unsaturated/α-hetero) is 3. The summed E-state index contributed by atoms with van der Waals surface area (Å²) in [5.41, 5.74) is 19.2. The van der Waals surface area contributed by atoms with Crippen molar-refractivity contribution in [3.8, 4) is 17.2 Å². The van der Waals surface area contributed by atoms with Crippen LogP contribution in [0.25, 0.3) is 16.7 Å². The molecule has 8 atom stereocenters. The number of guanidine groups is 1. The summed E-state index contributed by atoms with van der Waals surface area (Å²) in [5, 5.41) is 69.6. The van der Waals surface area contributed by atoms with Gasteiger partial charge in [0.25, 0.3) is 17.4 Å². The maximum Gasteiger partial charge on any atom is 0.412 e. The first kappa shape index (κ1) is 85.1. The smallest absolute Gasteiger partial charge is 0.412 e. The first-order valence-corrected chi connectivity index (χ1v) is 36.4. The molecule has 0 spiro atoms. The lowest BCUT2D eigenvalue weighted by Gasteiger charge is -2.33. The summed E-state index contributed by atoms with van der Waals surface area (Å²) in [7, 11) is 6.35. The molecule has 110 heavy (non-hydrogen) atoms. The summed E-state index contributed by atoms with van der Waals surface area (Å²) in [6.45, 7) is -0.0776. The molecule has 1 fully saturated rings. The van der Waals surface area contributed by atoms with E-state index in [2.05, 4.69) is 46.5 Å². The summed E-state index contributed by atoms with van der Waals surface area (Å²) in [6.07, 6.45) is -6.16. The Labute approximate surface area is 633 Å². The molecule has 39 nitrogen and oxygen atoms in total. The number of hydrogen-bond donors (Lipinski definition) is 15. The number of aromatic amines is 1. The van der Waals surface area contributed by atoms with Gasteiger partial charge in [-0.05, 0) is 79.3 Å². The van der Waals surface area contributed by atoms with Crippen LogP contribution in [0.2, 0.25) is 0 Å². The van der Waals surface area contributed by atoms with Gasteiger partial charge in [-0.1, -0.05) is 33.7 Å². The number of carboxylic acids is 5. The highest BCUT2D eigenvalue weighted by Gasteiger charge is 2.45. The van der Waals surface area contributed by atoms with Crippen molar-refractivity contribution in [2.24, 2.45) is 23.5 Å². The van der Waals surface area contributed by atoms with Gasteiger partial charge in [-0.2, -0.15) is 4.98 Å². The fraction of sp³-hybridized carbons (Fsp3) is 0.420. The van der Waals surface area contributed by atoms with Crippen LogP contribution < -0.4 is 63.6 Å². The molecule has 1 saturated heterocycles. The van der Waals surface area contributed by atoms with Gasteiger partial charge in [0.1, 0.15) is 24.2 Å². The number of nitrogens with two attached hydrogens (primary N) is 3. The lowest BCUT2D eigenvalue weighted by molar-refractivity contribution is -0.145. The Morgan fingerprint density at radius 1 is 0.727 bits per heavy atom. The van der Waals surface area contributed by atoms with E-state index in [1.54, 1.807) is 18.3 Å². The van der Waals surface area contributed by atoms with E-state index < -0.39 is 188 Å². The maximum atomic E-state index is 14.4. The number of carboxylic acid groups (broad SMARTS) is 5. The number of carbonyl (C=O) groups excluding carboxylic acids is 8. The van der Waals surface area contributed by atoms with E-state index in [4.69, 9.17) is 46.3 Å². The number of ether oxygens (including phenoxy) is 5. The fourth-order valence-electron chi connectivity index (χ4n) is 11.7. The molecule has 590 valence electrons. The third-order valence-electron chi connectivity index (χ3n) is 17.3. The van der Waals surface area contributed by atoms with Crippen LogP contribution >= 0.6 is 21.6 Å². The number of rotatable bonds is 44. The van der Waals surface area contributed by atoms with E-state index in [-0.39, 0.29) is 103 Å². The SMILES string of the molecule is COc1ccc(C2=CN(C(=O)c3cc(OC)c(OC)cc3N)[C@H](C3OCCN3C(=O)OCCSSC[C@H](CC(=O)[C@H](CC(=O)O)NC(=O)[C@H](CC(=O)O)CC(=O)[C@H](CCCNC(=N)N)NC(=O)[C@H](CC(=O)O)CC(=O)CC[C@H](NC(=O)c3ccc(NCc4cnc5nc(N)[nH]c(=O)c5n4)cc3)C(=O)O)C(=O)O)C2)cc1. The minimum atomic E-state index is -1.99. The number of anilines is 3. The predicted octanol–water partition coefficient (Wildman–Crippen LogP) is 2.08. The Hall–Kier alpha value is -12.1. The molecule has 2 aromatic heterocycles. The molecule has 18 N–H and O–H groups in total. The van der Waals surface area contributed by atoms with Gasteiger partial charge in [0, 0.05) is 72.9 Å². The zero-order valence-electron chi connectivity index (χ0n) is 59.6. The first-order valence-electron chi connectivity index (χ1n) is 33.9. The molecule has 5 amide bonds. The van der Waals surface area contributed by atoms with Crippen LogP contribution in [0.3, 0.4) is 0 Å². The standard InChI is InChI=1S/C69H83N15O24S2/c1-104-43-13-8-34(9-14-43)38-22-49(84(32-38)63(98)44-27-52(105-2)53(106-3)28-45(44)70)64-83(17-18-107-64)69(103)108-19-20-109-110-33-39(65(99)100)24-51(87)48(29-56(92)93)80-61(96)37(26-55(90)91)23-50(86)46(5-4-16-74-67(71)72)78-60(95)36(25-54(88)89)21-42(85)12-15-47(66(101)102)79-59(94)35-6-10-40(11-7-35)75-30-41-31-76-58-57(77-41)62(97)82-68(73)81-58/h6-11,13-14,27-28,31-32,36-37,39,46-49,64,75H,4-5,12,15-26,29-30,33,70H2,1-3H3,(H,78,95)(H,79,94)(H,80,96)(H,88,89)(H,90,91)(H,92,93)(H,99,100)(H,101,102)(H4,71,72,74)(H3,73,76,81,82,97)/t36-,37-,39-,46-,47-,48-,49-,64?/m0/s1. The van der Waals surface area contributed by atoms with Crippen LogP contribution in [0.4, 0.5) is 22.1 Å². The van der Waals surface area contributed by atoms with Gasteiger partial charge in [0.05, 0.1) is 114 Å². The number of carbonyl (C=O) groups is 13. The molecule has 5 aromatic rings. The van der Waals surface area contributed by atoms with Crippen LogP contribution in [-0.4, -0.2) is 228 Å². The molecular weight excluding hydrogens is 1490 g/mol. The molecule has 0 bridgehead atoms. The Morgan fingerprint density at radius 2 is 1.36 bits per heavy atom. The zero-order chi connectivity index (χ0) is 80.5. The van der Waals surface area contributed by atoms with Crippen molar-refractivity contribution in [2.75, 3.05) is 75.9 Å². The number of aromatic nitrogens is 4. The van der Waals surface area contributed by atoms with Gasteiger partial charge in [-0.25, -0.2) is 19.6 Å². The third kappa shape index (κ3) is 24.7. The van der Waals surface area contributed by atoms with Crippen molar-refractivity contribution >= 4 is 139 Å². The van der Waals surface area contributed by atoms with E-state index in [0.717, 1.165) is 32.7 Å². The molecular formula is C69H83N15O24S2. The Bertz CT molecular complexity index is 4360. The molecule has 0 radical (unpaired) electrons. The topological polar surface area (TPSA) is 609 Å². The van der Waals surface area contributed by atoms with Crippen LogP contribution in [0.15, 0.2) is 77.9 Å². The van der Waals surface area contributed by atoms with Gasteiger partial charge in [-0.15, -0.1) is 0 Å². The number of fused-ring (bicyclic) bond motifs is 1. The number of nitrogens with one attached hydrogen (secondary N) is 7. The Balaban J connectivity index is 0.921. The summed E-state index contributed by atoms with van der Waals surface area (Å²) in [5.74, 6) is -19.8. The molecule has 1 unspecified atom stereocenters. The number of methoxy groups -OCH3 is 3. The average molecular weight is 1570 g/mol. The van der Waals surface area contributed by atoms with E-state index in [9.17, 15) is 92.7 Å². The first-order chi connectivity index (χ1) is 52.4. The monoisotopic (exact) mass is 1570 g/mol. The second-order valence-electron chi connectivity index (χ2n) is 25.1. The number of aliphatic carboxylic acids is 5. The normalized spacial score (nSPS) is 15.4. The Morgan fingerprint density at radius 3 is 1.99 bits per heavy atom. The van der Waals surface area contributed by atoms with E-state index >= 15 is 0 Å². The summed E-state index contributed by atoms with van der Waals surface area (Å²) in [4.78, 5) is 202. The summed E-state index contributed by atoms with van der Waals surface area (Å²) in [6, 6.07) is 9.60. The second-order valence-corrected chi connectivity index (χ2v) is 27.7. The highest BCUT2D eigenvalue weighted by molar-refractivity contribution is 8.76. The number of amides is 5. The second kappa shape index (κ2) is 40.7. The third-order valence-corrected chi connectivity index (χ3v) is 19.7. The van der Waals surface area contributed by atoms with Gasteiger partial charge < -0.3 is 97.9 Å².